The van der Waals surface area contributed by atoms with E-state index >= 15 is 0 Å². The van der Waals surface area contributed by atoms with Gasteiger partial charge in [0.15, 0.2) is 0 Å². The number of para-hydroxylation sites is 2. The number of ether oxygens (including phenoxy) is 1. The maximum atomic E-state index is 12.3. The molecule has 2 N–H and O–H groups in total. The highest BCUT2D eigenvalue weighted by molar-refractivity contribution is 6.43. The molecule has 0 aliphatic rings. The number of hydrogen-bond acceptors (Lipinski definition) is 3. The smallest absolute Gasteiger partial charge is 0.314 e. The van der Waals surface area contributed by atoms with Gasteiger partial charge in [-0.3, -0.25) is 9.59 Å². The van der Waals surface area contributed by atoms with Gasteiger partial charge in [-0.2, -0.15) is 0 Å². The zero-order chi connectivity index (χ0) is 23.7. The van der Waals surface area contributed by atoms with Crippen LogP contribution in [-0.4, -0.2) is 18.4 Å². The molecular formula is C28H40N2O3. The molecule has 0 unspecified atom stereocenters. The average molecular weight is 453 g/mol. The highest BCUT2D eigenvalue weighted by atomic mass is 16.5. The summed E-state index contributed by atoms with van der Waals surface area (Å²) in [5.74, 6) is -0.891. The van der Waals surface area contributed by atoms with E-state index in [1.54, 1.807) is 18.2 Å². The molecule has 0 heterocycles. The van der Waals surface area contributed by atoms with Crippen LogP contribution in [0.25, 0.3) is 0 Å². The highest BCUT2D eigenvalue weighted by Gasteiger charge is 2.16. The monoisotopic (exact) mass is 452 g/mol. The Bertz CT molecular complexity index is 833. The Hall–Kier alpha value is -2.82. The molecule has 0 aromatic heterocycles. The van der Waals surface area contributed by atoms with Gasteiger partial charge in [0.1, 0.15) is 5.75 Å². The molecule has 0 radical (unpaired) electrons. The summed E-state index contributed by atoms with van der Waals surface area (Å²) in [4.78, 5) is 24.6. The van der Waals surface area contributed by atoms with Crippen LogP contribution < -0.4 is 15.4 Å². The maximum Gasteiger partial charge on any atom is 0.314 e. The average Bonchev–Trinajstić information content (AvgIpc) is 2.82. The molecule has 2 rings (SSSR count). The van der Waals surface area contributed by atoms with Gasteiger partial charge in [-0.05, 0) is 49.6 Å². The molecule has 0 saturated heterocycles. The third-order valence-electron chi connectivity index (χ3n) is 5.67. The van der Waals surface area contributed by atoms with Crippen LogP contribution in [0.4, 0.5) is 11.4 Å². The molecule has 180 valence electrons. The van der Waals surface area contributed by atoms with Crippen LogP contribution in [0.1, 0.15) is 83.6 Å². The van der Waals surface area contributed by atoms with Crippen LogP contribution in [0, 0.1) is 0 Å². The fraction of sp³-hybridized carbons (Fsp3) is 0.500. The van der Waals surface area contributed by atoms with Crippen LogP contribution in [-0.2, 0) is 16.0 Å². The van der Waals surface area contributed by atoms with Crippen molar-refractivity contribution in [2.75, 3.05) is 17.2 Å². The number of benzene rings is 2. The lowest BCUT2D eigenvalue weighted by Crippen LogP contribution is -2.29. The number of unbranched alkanes of at least 4 members (excludes halogenated alkanes) is 9. The van der Waals surface area contributed by atoms with E-state index in [1.807, 2.05) is 37.3 Å². The number of rotatable bonds is 15. The lowest BCUT2D eigenvalue weighted by molar-refractivity contribution is -0.133. The number of nitrogens with one attached hydrogen (secondary N) is 2. The summed E-state index contributed by atoms with van der Waals surface area (Å²) in [7, 11) is 0. The van der Waals surface area contributed by atoms with Crippen molar-refractivity contribution in [3.8, 4) is 5.75 Å². The van der Waals surface area contributed by atoms with E-state index in [0.29, 0.717) is 23.7 Å². The van der Waals surface area contributed by atoms with E-state index in [2.05, 4.69) is 17.6 Å². The van der Waals surface area contributed by atoms with Crippen LogP contribution >= 0.6 is 0 Å². The topological polar surface area (TPSA) is 67.4 Å². The minimum atomic E-state index is -0.725. The normalized spacial score (nSPS) is 10.6. The molecule has 2 aromatic rings. The molecular weight excluding hydrogens is 412 g/mol. The maximum absolute atomic E-state index is 12.3. The van der Waals surface area contributed by atoms with Gasteiger partial charge in [0.2, 0.25) is 0 Å². The molecule has 0 fully saturated rings. The van der Waals surface area contributed by atoms with Crippen molar-refractivity contribution in [3.63, 3.8) is 0 Å². The third-order valence-corrected chi connectivity index (χ3v) is 5.67. The molecule has 2 amide bonds. The largest absolute Gasteiger partial charge is 0.492 e. The molecule has 0 bridgehead atoms. The van der Waals surface area contributed by atoms with Gasteiger partial charge in [0.25, 0.3) is 0 Å². The predicted octanol–water partition coefficient (Wildman–Crippen LogP) is 7.13. The quantitative estimate of drug-likeness (QED) is 0.223. The fourth-order valence-electron chi connectivity index (χ4n) is 3.79. The van der Waals surface area contributed by atoms with Crippen molar-refractivity contribution in [2.24, 2.45) is 0 Å². The van der Waals surface area contributed by atoms with E-state index in [-0.39, 0.29) is 0 Å². The van der Waals surface area contributed by atoms with Crippen molar-refractivity contribution in [3.05, 3.63) is 54.1 Å². The summed E-state index contributed by atoms with van der Waals surface area (Å²) in [5, 5.41) is 5.27. The minimum absolute atomic E-state index is 0.477. The molecule has 33 heavy (non-hydrogen) atoms. The minimum Gasteiger partial charge on any atom is -0.492 e. The van der Waals surface area contributed by atoms with E-state index in [0.717, 1.165) is 6.42 Å². The van der Waals surface area contributed by atoms with Crippen LogP contribution in [0.3, 0.4) is 0 Å². The summed E-state index contributed by atoms with van der Waals surface area (Å²) in [6.45, 7) is 4.60. The Morgan fingerprint density at radius 3 is 1.91 bits per heavy atom. The zero-order valence-electron chi connectivity index (χ0n) is 20.3. The number of aryl methyl sites for hydroxylation is 1. The SMILES string of the molecule is CCCCCCCCCCCCc1ccc(NC(=O)C(=O)Nc2ccccc2OCC)cc1. The number of anilines is 2. The standard InChI is InChI=1S/C28H40N2O3/c1-3-5-6-7-8-9-10-11-12-13-16-23-19-21-24(22-20-23)29-27(31)28(32)30-25-17-14-15-18-26(25)33-4-2/h14-15,17-22H,3-13,16H2,1-2H3,(H,29,31)(H,30,32). The predicted molar refractivity (Wildman–Crippen MR) is 137 cm³/mol. The number of carbonyl (C=O) groups excluding carboxylic acids is 2. The molecule has 0 atom stereocenters. The first-order valence-corrected chi connectivity index (χ1v) is 12.6. The van der Waals surface area contributed by atoms with Gasteiger partial charge in [-0.1, -0.05) is 89.0 Å². The number of hydrogen-bond donors (Lipinski definition) is 2. The summed E-state index contributed by atoms with van der Waals surface area (Å²) >= 11 is 0. The van der Waals surface area contributed by atoms with Crippen LogP contribution in [0.15, 0.2) is 48.5 Å². The van der Waals surface area contributed by atoms with E-state index in [1.165, 1.54) is 69.8 Å². The van der Waals surface area contributed by atoms with Crippen molar-refractivity contribution in [1.29, 1.82) is 0 Å². The zero-order valence-corrected chi connectivity index (χ0v) is 20.3. The van der Waals surface area contributed by atoms with Gasteiger partial charge in [0, 0.05) is 5.69 Å². The second-order valence-corrected chi connectivity index (χ2v) is 8.47. The molecule has 5 nitrogen and oxygen atoms in total. The first-order chi connectivity index (χ1) is 16.1. The molecule has 2 aromatic carbocycles. The van der Waals surface area contributed by atoms with Crippen molar-refractivity contribution in [2.45, 2.75) is 84.5 Å². The molecule has 0 saturated carbocycles. The summed E-state index contributed by atoms with van der Waals surface area (Å²) in [6, 6.07) is 14.8. The van der Waals surface area contributed by atoms with Crippen molar-refractivity contribution in [1.82, 2.24) is 0 Å². The van der Waals surface area contributed by atoms with Gasteiger partial charge in [-0.15, -0.1) is 0 Å². The van der Waals surface area contributed by atoms with Crippen molar-refractivity contribution < 1.29 is 14.3 Å². The Kier molecular flexibility index (Phi) is 12.7. The second kappa shape index (κ2) is 15.9. The fourth-order valence-corrected chi connectivity index (χ4v) is 3.79. The Morgan fingerprint density at radius 1 is 0.697 bits per heavy atom. The highest BCUT2D eigenvalue weighted by Crippen LogP contribution is 2.23. The second-order valence-electron chi connectivity index (χ2n) is 8.47. The van der Waals surface area contributed by atoms with Crippen molar-refractivity contribution >= 4 is 23.2 Å². The lowest BCUT2D eigenvalue weighted by Gasteiger charge is -2.11. The first kappa shape index (κ1) is 26.4. The number of carbonyl (C=O) groups is 2. The third kappa shape index (κ3) is 10.6. The first-order valence-electron chi connectivity index (χ1n) is 12.6. The van der Waals surface area contributed by atoms with Gasteiger partial charge >= 0.3 is 11.8 Å². The van der Waals surface area contributed by atoms with Crippen LogP contribution in [0.2, 0.25) is 0 Å². The van der Waals surface area contributed by atoms with Gasteiger partial charge in [0.05, 0.1) is 12.3 Å². The Labute approximate surface area is 199 Å². The van der Waals surface area contributed by atoms with Gasteiger partial charge in [-0.25, -0.2) is 0 Å². The molecule has 0 spiro atoms. The summed E-state index contributed by atoms with van der Waals surface area (Å²) in [6.07, 6.45) is 14.3. The van der Waals surface area contributed by atoms with Gasteiger partial charge < -0.3 is 15.4 Å². The van der Waals surface area contributed by atoms with E-state index < -0.39 is 11.8 Å². The lowest BCUT2D eigenvalue weighted by atomic mass is 10.0. The Morgan fingerprint density at radius 2 is 1.27 bits per heavy atom. The number of amides is 2. The summed E-state index contributed by atoms with van der Waals surface area (Å²) in [5.41, 5.74) is 2.34. The summed E-state index contributed by atoms with van der Waals surface area (Å²) < 4.78 is 5.48. The molecule has 5 heteroatoms. The Balaban J connectivity index is 1.66. The molecule has 0 aliphatic heterocycles. The molecule has 0 aliphatic carbocycles. The van der Waals surface area contributed by atoms with E-state index in [4.69, 9.17) is 4.74 Å². The van der Waals surface area contributed by atoms with E-state index in [9.17, 15) is 9.59 Å². The van der Waals surface area contributed by atoms with Crippen LogP contribution in [0.5, 0.6) is 5.75 Å².